The van der Waals surface area contributed by atoms with Crippen molar-refractivity contribution in [2.75, 3.05) is 20.3 Å². The summed E-state index contributed by atoms with van der Waals surface area (Å²) in [6, 6.07) is 8.79. The fourth-order valence-electron chi connectivity index (χ4n) is 2.49. The zero-order valence-corrected chi connectivity index (χ0v) is 18.2. The molecular formula is C21H23Cl2NO5. The molecule has 2 aromatic rings. The van der Waals surface area contributed by atoms with E-state index < -0.39 is 5.97 Å². The Morgan fingerprint density at radius 3 is 2.45 bits per heavy atom. The normalized spacial score (nSPS) is 11.0. The largest absolute Gasteiger partial charge is 0.496 e. The van der Waals surface area contributed by atoms with Gasteiger partial charge < -0.3 is 19.0 Å². The molecule has 0 saturated carbocycles. The summed E-state index contributed by atoms with van der Waals surface area (Å²) in [7, 11) is 1.63. The van der Waals surface area contributed by atoms with Crippen LogP contribution in [0.5, 0.6) is 17.2 Å². The highest BCUT2D eigenvalue weighted by Crippen LogP contribution is 2.39. The fourth-order valence-corrected chi connectivity index (χ4v) is 3.07. The van der Waals surface area contributed by atoms with Gasteiger partial charge in [-0.05, 0) is 48.7 Å². The lowest BCUT2D eigenvalue weighted by molar-refractivity contribution is -0.148. The molecule has 6 nitrogen and oxygen atoms in total. The summed E-state index contributed by atoms with van der Waals surface area (Å²) < 4.78 is 16.0. The molecule has 0 atom stereocenters. The number of esters is 1. The lowest BCUT2D eigenvalue weighted by Crippen LogP contribution is -2.10. The highest BCUT2D eigenvalue weighted by atomic mass is 35.5. The Kier molecular flexibility index (Phi) is 8.61. The van der Waals surface area contributed by atoms with Crippen LogP contribution >= 0.6 is 23.2 Å². The van der Waals surface area contributed by atoms with Crippen molar-refractivity contribution in [1.82, 2.24) is 0 Å². The van der Waals surface area contributed by atoms with Gasteiger partial charge >= 0.3 is 5.97 Å². The first-order chi connectivity index (χ1) is 13.8. The van der Waals surface area contributed by atoms with Gasteiger partial charge in [-0.3, -0.25) is 0 Å². The molecule has 2 rings (SSSR count). The molecule has 0 bridgehead atoms. The zero-order chi connectivity index (χ0) is 21.4. The summed E-state index contributed by atoms with van der Waals surface area (Å²) in [6.07, 6.45) is 1.39. The fraction of sp³-hybridized carbons (Fsp3) is 0.333. The minimum Gasteiger partial charge on any atom is -0.496 e. The average molecular weight is 440 g/mol. The molecule has 8 heteroatoms. The van der Waals surface area contributed by atoms with Gasteiger partial charge in [0.15, 0.2) is 5.75 Å². The van der Waals surface area contributed by atoms with Crippen LogP contribution in [0, 0.1) is 0 Å². The van der Waals surface area contributed by atoms with E-state index in [9.17, 15) is 4.79 Å². The predicted molar refractivity (Wildman–Crippen MR) is 114 cm³/mol. The molecule has 2 aromatic carbocycles. The number of carbonyl (C=O) groups excluding carboxylic acids is 1. The SMILES string of the molecule is CCOC(=O)CO/N=C\c1cc(Cl)c(Oc2ccc(OC)c(C(C)C)c2)c(Cl)c1. The molecule has 0 aliphatic heterocycles. The van der Waals surface area contributed by atoms with Gasteiger partial charge in [0.2, 0.25) is 6.61 Å². The van der Waals surface area contributed by atoms with Crippen LogP contribution in [-0.2, 0) is 14.4 Å². The number of hydrogen-bond acceptors (Lipinski definition) is 6. The predicted octanol–water partition coefficient (Wildman–Crippen LogP) is 5.83. The second kappa shape index (κ2) is 10.9. The van der Waals surface area contributed by atoms with E-state index in [-0.39, 0.29) is 19.1 Å². The first kappa shape index (κ1) is 22.8. The smallest absolute Gasteiger partial charge is 0.347 e. The molecule has 0 unspecified atom stereocenters. The summed E-state index contributed by atoms with van der Waals surface area (Å²) in [6.45, 7) is 5.86. The molecule has 0 amide bonds. The number of rotatable bonds is 9. The van der Waals surface area contributed by atoms with Crippen LogP contribution in [0.15, 0.2) is 35.5 Å². The topological polar surface area (TPSA) is 66.4 Å². The number of halogens is 2. The van der Waals surface area contributed by atoms with Crippen molar-refractivity contribution < 1.29 is 23.8 Å². The molecule has 0 radical (unpaired) electrons. The van der Waals surface area contributed by atoms with E-state index in [1.54, 1.807) is 32.2 Å². The number of hydrogen-bond donors (Lipinski definition) is 0. The molecule has 0 heterocycles. The quantitative estimate of drug-likeness (QED) is 0.279. The van der Waals surface area contributed by atoms with E-state index in [0.717, 1.165) is 11.3 Å². The van der Waals surface area contributed by atoms with Crippen molar-refractivity contribution in [2.45, 2.75) is 26.7 Å². The Hall–Kier alpha value is -2.44. The third-order valence-electron chi connectivity index (χ3n) is 3.83. The Bertz CT molecular complexity index is 860. The van der Waals surface area contributed by atoms with Gasteiger partial charge in [0.25, 0.3) is 0 Å². The van der Waals surface area contributed by atoms with Crippen LogP contribution in [0.3, 0.4) is 0 Å². The van der Waals surface area contributed by atoms with Crippen LogP contribution in [0.25, 0.3) is 0 Å². The number of methoxy groups -OCH3 is 1. The second-order valence-electron chi connectivity index (χ2n) is 6.29. The Labute approximate surface area is 180 Å². The highest BCUT2D eigenvalue weighted by Gasteiger charge is 2.14. The van der Waals surface area contributed by atoms with Crippen molar-refractivity contribution >= 4 is 35.4 Å². The van der Waals surface area contributed by atoms with E-state index in [1.807, 2.05) is 12.1 Å². The van der Waals surface area contributed by atoms with Crippen molar-refractivity contribution in [3.05, 3.63) is 51.5 Å². The standard InChI is InChI=1S/C21H23Cl2NO5/c1-5-27-20(25)12-28-24-11-14-8-17(22)21(18(23)9-14)29-15-6-7-19(26-4)16(10-15)13(2)3/h6-11,13H,5,12H2,1-4H3/b24-11-. The molecule has 0 spiro atoms. The number of carbonyl (C=O) groups is 1. The van der Waals surface area contributed by atoms with Crippen molar-refractivity contribution in [3.8, 4) is 17.2 Å². The molecule has 0 saturated heterocycles. The third-order valence-corrected chi connectivity index (χ3v) is 4.39. The molecule has 0 aliphatic rings. The molecule has 0 fully saturated rings. The zero-order valence-electron chi connectivity index (χ0n) is 16.7. The molecule has 29 heavy (non-hydrogen) atoms. The molecule has 156 valence electrons. The number of ether oxygens (including phenoxy) is 3. The van der Waals surface area contributed by atoms with Gasteiger partial charge in [0, 0.05) is 5.56 Å². The summed E-state index contributed by atoms with van der Waals surface area (Å²) in [5.41, 5.74) is 1.61. The van der Waals surface area contributed by atoms with Gasteiger partial charge in [0.1, 0.15) is 11.5 Å². The van der Waals surface area contributed by atoms with E-state index in [1.165, 1.54) is 6.21 Å². The number of benzene rings is 2. The maximum Gasteiger partial charge on any atom is 0.347 e. The summed E-state index contributed by atoms with van der Waals surface area (Å²) >= 11 is 12.7. The van der Waals surface area contributed by atoms with Crippen LogP contribution in [0.1, 0.15) is 37.8 Å². The van der Waals surface area contributed by atoms with Crippen LogP contribution in [0.2, 0.25) is 10.0 Å². The lowest BCUT2D eigenvalue weighted by atomic mass is 10.0. The summed E-state index contributed by atoms with van der Waals surface area (Å²) in [4.78, 5) is 16.1. The number of nitrogens with zero attached hydrogens (tertiary/aromatic N) is 1. The summed E-state index contributed by atoms with van der Waals surface area (Å²) in [5, 5.41) is 4.33. The van der Waals surface area contributed by atoms with Crippen molar-refractivity contribution in [1.29, 1.82) is 0 Å². The minimum absolute atomic E-state index is 0.257. The minimum atomic E-state index is -0.496. The third kappa shape index (κ3) is 6.54. The first-order valence-electron chi connectivity index (χ1n) is 9.01. The van der Waals surface area contributed by atoms with Crippen molar-refractivity contribution in [3.63, 3.8) is 0 Å². The highest BCUT2D eigenvalue weighted by molar-refractivity contribution is 6.37. The average Bonchev–Trinajstić information content (AvgIpc) is 2.68. The van der Waals surface area contributed by atoms with E-state index in [2.05, 4.69) is 19.0 Å². The molecular weight excluding hydrogens is 417 g/mol. The van der Waals surface area contributed by atoms with Gasteiger partial charge in [-0.1, -0.05) is 42.2 Å². The Balaban J connectivity index is 2.13. The van der Waals surface area contributed by atoms with Gasteiger partial charge in [-0.15, -0.1) is 0 Å². The maximum atomic E-state index is 11.2. The lowest BCUT2D eigenvalue weighted by Gasteiger charge is -2.15. The Morgan fingerprint density at radius 1 is 1.17 bits per heavy atom. The molecule has 0 aromatic heterocycles. The summed E-state index contributed by atoms with van der Waals surface area (Å²) in [5.74, 6) is 1.48. The van der Waals surface area contributed by atoms with Crippen LogP contribution in [0.4, 0.5) is 0 Å². The van der Waals surface area contributed by atoms with Crippen LogP contribution < -0.4 is 9.47 Å². The first-order valence-corrected chi connectivity index (χ1v) is 9.77. The van der Waals surface area contributed by atoms with Gasteiger partial charge in [-0.25, -0.2) is 4.79 Å². The van der Waals surface area contributed by atoms with E-state index in [0.29, 0.717) is 27.1 Å². The van der Waals surface area contributed by atoms with Gasteiger partial charge in [-0.2, -0.15) is 0 Å². The Morgan fingerprint density at radius 2 is 1.86 bits per heavy atom. The van der Waals surface area contributed by atoms with E-state index >= 15 is 0 Å². The molecule has 0 aliphatic carbocycles. The van der Waals surface area contributed by atoms with Crippen molar-refractivity contribution in [2.24, 2.45) is 5.16 Å². The molecule has 0 N–H and O–H groups in total. The van der Waals surface area contributed by atoms with Crippen LogP contribution in [-0.4, -0.2) is 32.5 Å². The number of oxime groups is 1. The van der Waals surface area contributed by atoms with Gasteiger partial charge in [0.05, 0.1) is 30.0 Å². The monoisotopic (exact) mass is 439 g/mol. The second-order valence-corrected chi connectivity index (χ2v) is 7.10. The van der Waals surface area contributed by atoms with E-state index in [4.69, 9.17) is 42.3 Å². The maximum absolute atomic E-state index is 11.2.